The van der Waals surface area contributed by atoms with Crippen LogP contribution in [0.2, 0.25) is 0 Å². The van der Waals surface area contributed by atoms with E-state index >= 15 is 0 Å². The zero-order valence-electron chi connectivity index (χ0n) is 19.5. The minimum absolute atomic E-state index is 0.348. The van der Waals surface area contributed by atoms with Crippen molar-refractivity contribution in [2.45, 2.75) is 58.9 Å². The van der Waals surface area contributed by atoms with Gasteiger partial charge in [0.15, 0.2) is 0 Å². The molecule has 2 aromatic rings. The van der Waals surface area contributed by atoms with Gasteiger partial charge in [-0.15, -0.1) is 0 Å². The molecule has 1 fully saturated rings. The highest BCUT2D eigenvalue weighted by atomic mass is 16.5. The third-order valence-electron chi connectivity index (χ3n) is 6.43. The van der Waals surface area contributed by atoms with Crippen molar-refractivity contribution in [1.82, 2.24) is 4.90 Å². The monoisotopic (exact) mass is 423 g/mol. The van der Waals surface area contributed by atoms with Crippen LogP contribution in [0, 0.1) is 0 Å². The van der Waals surface area contributed by atoms with E-state index in [4.69, 9.17) is 10.5 Å². The summed E-state index contributed by atoms with van der Waals surface area (Å²) in [5, 5.41) is 0. The number of hydrogen-bond acceptors (Lipinski definition) is 4. The second-order valence-corrected chi connectivity index (χ2v) is 8.31. The molecule has 0 aromatic heterocycles. The van der Waals surface area contributed by atoms with Crippen LogP contribution in [0.1, 0.15) is 61.5 Å². The number of rotatable bonds is 9. The van der Waals surface area contributed by atoms with Crippen molar-refractivity contribution < 1.29 is 9.53 Å². The number of nitrogens with two attached hydrogens (primary N) is 1. The molecule has 2 N–H and O–H groups in total. The Kier molecular flexibility index (Phi) is 7.97. The Morgan fingerprint density at radius 1 is 1.10 bits per heavy atom. The summed E-state index contributed by atoms with van der Waals surface area (Å²) in [6, 6.07) is 12.7. The molecule has 1 aliphatic heterocycles. The van der Waals surface area contributed by atoms with Crippen molar-refractivity contribution in [3.8, 4) is 5.75 Å². The number of methoxy groups -OCH3 is 1. The van der Waals surface area contributed by atoms with Crippen molar-refractivity contribution >= 4 is 17.3 Å². The van der Waals surface area contributed by atoms with Crippen LogP contribution in [0.25, 0.3) is 0 Å². The maximum absolute atomic E-state index is 12.1. The molecule has 0 bridgehead atoms. The van der Waals surface area contributed by atoms with Crippen LogP contribution in [0.4, 0.5) is 11.4 Å². The quantitative estimate of drug-likeness (QED) is 0.621. The molecule has 0 atom stereocenters. The maximum atomic E-state index is 12.1. The van der Waals surface area contributed by atoms with E-state index in [2.05, 4.69) is 54.8 Å². The number of likely N-dealkylation sites (tertiary alicyclic amines) is 1. The van der Waals surface area contributed by atoms with Crippen LogP contribution < -0.4 is 15.4 Å². The molecule has 0 saturated carbocycles. The van der Waals surface area contributed by atoms with E-state index in [0.29, 0.717) is 11.6 Å². The fourth-order valence-corrected chi connectivity index (χ4v) is 4.96. The van der Waals surface area contributed by atoms with E-state index in [-0.39, 0.29) is 5.91 Å². The lowest BCUT2D eigenvalue weighted by Crippen LogP contribution is -2.43. The van der Waals surface area contributed by atoms with Gasteiger partial charge in [-0.05, 0) is 74.0 Å². The Labute approximate surface area is 187 Å². The molecule has 1 amide bonds. The Bertz CT molecular complexity index is 888. The zero-order valence-corrected chi connectivity index (χ0v) is 19.5. The Balaban J connectivity index is 2.09. The first kappa shape index (κ1) is 23.1. The van der Waals surface area contributed by atoms with Gasteiger partial charge in [0, 0.05) is 42.1 Å². The van der Waals surface area contributed by atoms with E-state index in [9.17, 15) is 4.79 Å². The molecule has 1 heterocycles. The van der Waals surface area contributed by atoms with Gasteiger partial charge < -0.3 is 20.3 Å². The van der Waals surface area contributed by atoms with Gasteiger partial charge in [-0.2, -0.15) is 0 Å². The lowest BCUT2D eigenvalue weighted by atomic mass is 9.92. The third kappa shape index (κ3) is 5.04. The van der Waals surface area contributed by atoms with Crippen molar-refractivity contribution in [3.05, 3.63) is 53.1 Å². The van der Waals surface area contributed by atoms with Crippen LogP contribution in [0.15, 0.2) is 36.4 Å². The molecule has 1 aliphatic rings. The first-order chi connectivity index (χ1) is 15.0. The van der Waals surface area contributed by atoms with Crippen LogP contribution in [0.5, 0.6) is 5.75 Å². The number of ether oxygens (including phenoxy) is 1. The van der Waals surface area contributed by atoms with Crippen LogP contribution >= 0.6 is 0 Å². The maximum Gasteiger partial charge on any atom is 0.248 e. The molecule has 3 rings (SSSR count). The summed E-state index contributed by atoms with van der Waals surface area (Å²) in [4.78, 5) is 17.1. The molecule has 0 spiro atoms. The molecule has 31 heavy (non-hydrogen) atoms. The molecule has 0 radical (unpaired) electrons. The van der Waals surface area contributed by atoms with E-state index in [1.54, 1.807) is 7.11 Å². The number of carbonyl (C=O) groups excluding carboxylic acids is 1. The van der Waals surface area contributed by atoms with Gasteiger partial charge in [-0.3, -0.25) is 4.79 Å². The van der Waals surface area contributed by atoms with Gasteiger partial charge in [0.25, 0.3) is 0 Å². The predicted octanol–water partition coefficient (Wildman–Crippen LogP) is 4.93. The highest BCUT2D eigenvalue weighted by Gasteiger charge is 2.28. The van der Waals surface area contributed by atoms with Crippen molar-refractivity contribution in [3.63, 3.8) is 0 Å². The second kappa shape index (κ2) is 10.7. The van der Waals surface area contributed by atoms with E-state index in [0.717, 1.165) is 55.8 Å². The predicted molar refractivity (Wildman–Crippen MR) is 129 cm³/mol. The summed E-state index contributed by atoms with van der Waals surface area (Å²) in [5.74, 6) is 0.507. The summed E-state index contributed by atoms with van der Waals surface area (Å²) in [6.07, 6.45) is 5.06. The minimum Gasteiger partial charge on any atom is -0.497 e. The van der Waals surface area contributed by atoms with Gasteiger partial charge in [-0.1, -0.05) is 26.8 Å². The second-order valence-electron chi connectivity index (χ2n) is 8.31. The lowest BCUT2D eigenvalue weighted by molar-refractivity contribution is 0.0999. The molecule has 0 aliphatic carbocycles. The number of benzene rings is 2. The van der Waals surface area contributed by atoms with E-state index < -0.39 is 0 Å². The third-order valence-corrected chi connectivity index (χ3v) is 6.43. The molecule has 1 saturated heterocycles. The molecule has 168 valence electrons. The number of primary amides is 1. The van der Waals surface area contributed by atoms with Gasteiger partial charge in [0.05, 0.1) is 7.11 Å². The largest absolute Gasteiger partial charge is 0.497 e. The minimum atomic E-state index is -0.348. The number of anilines is 2. The zero-order chi connectivity index (χ0) is 22.4. The average Bonchev–Trinajstić information content (AvgIpc) is 2.80. The van der Waals surface area contributed by atoms with Crippen LogP contribution in [0.3, 0.4) is 0 Å². The van der Waals surface area contributed by atoms with Crippen molar-refractivity contribution in [1.29, 1.82) is 0 Å². The molecular weight excluding hydrogens is 386 g/mol. The molecule has 5 nitrogen and oxygen atoms in total. The molecule has 0 unspecified atom stereocenters. The number of piperidine rings is 1. The fraction of sp³-hybridized carbons (Fsp3) is 0.500. The Hall–Kier alpha value is -2.53. The van der Waals surface area contributed by atoms with Gasteiger partial charge in [0.2, 0.25) is 5.91 Å². The number of carbonyl (C=O) groups is 1. The topological polar surface area (TPSA) is 58.8 Å². The summed E-state index contributed by atoms with van der Waals surface area (Å²) in [5.41, 5.74) is 11.0. The Morgan fingerprint density at radius 3 is 2.39 bits per heavy atom. The first-order valence-electron chi connectivity index (χ1n) is 11.6. The SMILES string of the molecule is CCCN1CCC(N(c2cccc(OC)c2)c2ccc(C(N)=O)c(CC)c2CC)CC1. The normalized spacial score (nSPS) is 15.1. The summed E-state index contributed by atoms with van der Waals surface area (Å²) in [6.45, 7) is 9.90. The van der Waals surface area contributed by atoms with Crippen molar-refractivity contribution in [2.75, 3.05) is 31.6 Å². The number of amides is 1. The molecular formula is C26H37N3O2. The standard InChI is InChI=1S/C26H37N3O2/c1-5-15-28-16-13-19(14-17-28)29(20-9-8-10-21(18-20)31-4)25-12-11-24(26(27)30)22(6-2)23(25)7-3/h8-12,18-19H,5-7,13-17H2,1-4H3,(H2,27,30). The van der Waals surface area contributed by atoms with Gasteiger partial charge in [-0.25, -0.2) is 0 Å². The average molecular weight is 424 g/mol. The lowest BCUT2D eigenvalue weighted by Gasteiger charge is -2.41. The van der Waals surface area contributed by atoms with E-state index in [1.165, 1.54) is 24.2 Å². The highest BCUT2D eigenvalue weighted by molar-refractivity contribution is 5.95. The fourth-order valence-electron chi connectivity index (χ4n) is 4.96. The first-order valence-corrected chi connectivity index (χ1v) is 11.6. The number of nitrogens with zero attached hydrogens (tertiary/aromatic N) is 2. The summed E-state index contributed by atoms with van der Waals surface area (Å²) < 4.78 is 5.53. The summed E-state index contributed by atoms with van der Waals surface area (Å²) >= 11 is 0. The van der Waals surface area contributed by atoms with Crippen LogP contribution in [-0.4, -0.2) is 43.6 Å². The smallest absolute Gasteiger partial charge is 0.248 e. The van der Waals surface area contributed by atoms with Gasteiger partial charge in [0.1, 0.15) is 5.75 Å². The molecule has 5 heteroatoms. The van der Waals surface area contributed by atoms with Crippen LogP contribution in [-0.2, 0) is 12.8 Å². The number of hydrogen-bond donors (Lipinski definition) is 1. The summed E-state index contributed by atoms with van der Waals surface area (Å²) in [7, 11) is 1.71. The van der Waals surface area contributed by atoms with Gasteiger partial charge >= 0.3 is 0 Å². The van der Waals surface area contributed by atoms with Crippen molar-refractivity contribution in [2.24, 2.45) is 5.73 Å². The Morgan fingerprint density at radius 2 is 1.81 bits per heavy atom. The molecule has 2 aromatic carbocycles. The van der Waals surface area contributed by atoms with E-state index in [1.807, 2.05) is 12.1 Å². The highest BCUT2D eigenvalue weighted by Crippen LogP contribution is 2.38.